The van der Waals surface area contributed by atoms with Crippen molar-refractivity contribution >= 4 is 11.6 Å². The fourth-order valence-corrected chi connectivity index (χ4v) is 2.18. The fraction of sp³-hybridized carbons (Fsp3) is 0. The molecule has 106 valence electrons. The Bertz CT molecular complexity index is 824. The second-order valence-corrected chi connectivity index (χ2v) is 5.01. The van der Waals surface area contributed by atoms with Gasteiger partial charge in [0.15, 0.2) is 0 Å². The fourth-order valence-electron chi connectivity index (χ4n) is 1.99. The van der Waals surface area contributed by atoms with Crippen LogP contribution < -0.4 is 4.74 Å². The highest BCUT2D eigenvalue weighted by atomic mass is 35.5. The van der Waals surface area contributed by atoms with Crippen molar-refractivity contribution in [2.24, 2.45) is 0 Å². The van der Waals surface area contributed by atoms with Gasteiger partial charge < -0.3 is 4.74 Å². The van der Waals surface area contributed by atoms with Gasteiger partial charge in [-0.15, -0.1) is 0 Å². The van der Waals surface area contributed by atoms with E-state index >= 15 is 0 Å². The van der Waals surface area contributed by atoms with E-state index in [1.165, 1.54) is 6.20 Å². The lowest BCUT2D eigenvalue weighted by atomic mass is 10.1. The Labute approximate surface area is 133 Å². The molecule has 0 radical (unpaired) electrons. The third-order valence-electron chi connectivity index (χ3n) is 3.10. The lowest BCUT2D eigenvalue weighted by molar-refractivity contribution is 0.483. The van der Waals surface area contributed by atoms with Crippen molar-refractivity contribution in [2.45, 2.75) is 0 Å². The van der Waals surface area contributed by atoms with Gasteiger partial charge in [-0.1, -0.05) is 29.8 Å². The smallest absolute Gasteiger partial charge is 0.127 e. The molecule has 0 aliphatic carbocycles. The number of halogens is 1. The van der Waals surface area contributed by atoms with Gasteiger partial charge in [0.1, 0.15) is 17.6 Å². The molecule has 0 saturated heterocycles. The Hall–Kier alpha value is -2.83. The number of ether oxygens (including phenoxy) is 1. The van der Waals surface area contributed by atoms with Crippen LogP contribution in [0.25, 0.3) is 11.3 Å². The highest BCUT2D eigenvalue weighted by Crippen LogP contribution is 2.26. The number of pyridine rings is 1. The molecule has 2 aromatic carbocycles. The van der Waals surface area contributed by atoms with Crippen LogP contribution in [0.15, 0.2) is 66.9 Å². The van der Waals surface area contributed by atoms with Gasteiger partial charge in [-0.3, -0.25) is 4.98 Å². The van der Waals surface area contributed by atoms with Gasteiger partial charge in [-0.2, -0.15) is 5.26 Å². The number of rotatable bonds is 3. The number of nitriles is 1. The Morgan fingerprint density at radius 3 is 2.27 bits per heavy atom. The zero-order valence-electron chi connectivity index (χ0n) is 11.5. The number of hydrogen-bond acceptors (Lipinski definition) is 3. The summed E-state index contributed by atoms with van der Waals surface area (Å²) in [4.78, 5) is 4.25. The molecule has 3 nitrogen and oxygen atoms in total. The van der Waals surface area contributed by atoms with Gasteiger partial charge in [0.25, 0.3) is 0 Å². The minimum absolute atomic E-state index is 0.370. The van der Waals surface area contributed by atoms with E-state index in [4.69, 9.17) is 21.6 Å². The van der Waals surface area contributed by atoms with Crippen molar-refractivity contribution in [3.8, 4) is 28.8 Å². The van der Waals surface area contributed by atoms with Gasteiger partial charge in [0.2, 0.25) is 0 Å². The molecule has 0 bridgehead atoms. The Morgan fingerprint density at radius 2 is 1.64 bits per heavy atom. The van der Waals surface area contributed by atoms with E-state index in [2.05, 4.69) is 4.98 Å². The lowest BCUT2D eigenvalue weighted by Crippen LogP contribution is -1.87. The second kappa shape index (κ2) is 6.30. The third kappa shape index (κ3) is 3.08. The first-order valence-corrected chi connectivity index (χ1v) is 7.03. The van der Waals surface area contributed by atoms with Crippen LogP contribution >= 0.6 is 11.6 Å². The Morgan fingerprint density at radius 1 is 0.955 bits per heavy atom. The molecule has 0 unspecified atom stereocenters. The van der Waals surface area contributed by atoms with E-state index in [0.29, 0.717) is 10.6 Å². The molecule has 0 saturated carbocycles. The summed E-state index contributed by atoms with van der Waals surface area (Å²) in [5.41, 5.74) is 2.00. The quantitative estimate of drug-likeness (QED) is 0.679. The summed E-state index contributed by atoms with van der Waals surface area (Å²) in [6.07, 6.45) is 1.48. The minimum atomic E-state index is 0.370. The van der Waals surface area contributed by atoms with Crippen LogP contribution in [-0.4, -0.2) is 4.98 Å². The highest BCUT2D eigenvalue weighted by Gasteiger charge is 2.05. The predicted octanol–water partition coefficient (Wildman–Crippen LogP) is 5.07. The van der Waals surface area contributed by atoms with Crippen LogP contribution in [-0.2, 0) is 0 Å². The van der Waals surface area contributed by atoms with Crippen molar-refractivity contribution in [3.63, 3.8) is 0 Å². The molecule has 0 N–H and O–H groups in total. The van der Waals surface area contributed by atoms with Crippen LogP contribution in [0.2, 0.25) is 5.02 Å². The Balaban J connectivity index is 1.82. The molecule has 4 heteroatoms. The molecule has 0 fully saturated rings. The molecule has 0 spiro atoms. The number of para-hydroxylation sites is 1. The molecule has 1 aromatic heterocycles. The van der Waals surface area contributed by atoms with Crippen LogP contribution in [0, 0.1) is 11.3 Å². The van der Waals surface area contributed by atoms with Gasteiger partial charge >= 0.3 is 0 Å². The zero-order chi connectivity index (χ0) is 15.4. The van der Waals surface area contributed by atoms with Crippen molar-refractivity contribution in [2.75, 3.05) is 0 Å². The van der Waals surface area contributed by atoms with E-state index in [9.17, 15) is 0 Å². The van der Waals surface area contributed by atoms with Crippen LogP contribution in [0.3, 0.4) is 0 Å². The maximum absolute atomic E-state index is 8.87. The number of nitrogens with zero attached hydrogens (tertiary/aromatic N) is 2. The molecular weight excluding hydrogens is 296 g/mol. The average molecular weight is 307 g/mol. The van der Waals surface area contributed by atoms with Crippen molar-refractivity contribution in [3.05, 3.63) is 77.4 Å². The SMILES string of the molecule is N#Cc1cnc(-c2ccc(Oc3ccccc3)cc2)cc1Cl. The molecular formula is C18H11ClN2O. The summed E-state index contributed by atoms with van der Waals surface area (Å²) in [7, 11) is 0. The van der Waals surface area contributed by atoms with Gasteiger partial charge in [0, 0.05) is 11.8 Å². The number of hydrogen-bond donors (Lipinski definition) is 0. The molecule has 0 atom stereocenters. The Kier molecular flexibility index (Phi) is 4.04. The topological polar surface area (TPSA) is 45.9 Å². The summed E-state index contributed by atoms with van der Waals surface area (Å²) >= 11 is 6.03. The van der Waals surface area contributed by atoms with Crippen molar-refractivity contribution in [1.82, 2.24) is 4.98 Å². The van der Waals surface area contributed by atoms with Gasteiger partial charge in [-0.05, 0) is 42.5 Å². The molecule has 3 aromatic rings. The zero-order valence-corrected chi connectivity index (χ0v) is 12.3. The van der Waals surface area contributed by atoms with E-state index in [-0.39, 0.29) is 0 Å². The van der Waals surface area contributed by atoms with E-state index in [1.54, 1.807) is 6.07 Å². The average Bonchev–Trinajstić information content (AvgIpc) is 2.56. The minimum Gasteiger partial charge on any atom is -0.457 e. The van der Waals surface area contributed by atoms with E-state index in [0.717, 1.165) is 22.8 Å². The summed E-state index contributed by atoms with van der Waals surface area (Å²) in [6, 6.07) is 20.8. The normalized spacial score (nSPS) is 10.0. The summed E-state index contributed by atoms with van der Waals surface area (Å²) in [5, 5.41) is 9.27. The van der Waals surface area contributed by atoms with Crippen LogP contribution in [0.5, 0.6) is 11.5 Å². The molecule has 3 rings (SSSR count). The molecule has 0 aliphatic rings. The largest absolute Gasteiger partial charge is 0.457 e. The monoisotopic (exact) mass is 306 g/mol. The second-order valence-electron chi connectivity index (χ2n) is 4.60. The van der Waals surface area contributed by atoms with Gasteiger partial charge in [0.05, 0.1) is 16.3 Å². The molecule has 0 aliphatic heterocycles. The van der Waals surface area contributed by atoms with E-state index < -0.39 is 0 Å². The summed E-state index contributed by atoms with van der Waals surface area (Å²) in [5.74, 6) is 1.53. The maximum atomic E-state index is 8.87. The molecule has 22 heavy (non-hydrogen) atoms. The molecule has 0 amide bonds. The third-order valence-corrected chi connectivity index (χ3v) is 3.42. The highest BCUT2D eigenvalue weighted by molar-refractivity contribution is 6.31. The van der Waals surface area contributed by atoms with Crippen LogP contribution in [0.1, 0.15) is 5.56 Å². The van der Waals surface area contributed by atoms with E-state index in [1.807, 2.05) is 60.7 Å². The maximum Gasteiger partial charge on any atom is 0.127 e. The van der Waals surface area contributed by atoms with Crippen molar-refractivity contribution < 1.29 is 4.74 Å². The van der Waals surface area contributed by atoms with Gasteiger partial charge in [-0.25, -0.2) is 0 Å². The predicted molar refractivity (Wildman–Crippen MR) is 85.9 cm³/mol. The number of aromatic nitrogens is 1. The van der Waals surface area contributed by atoms with Crippen LogP contribution in [0.4, 0.5) is 0 Å². The van der Waals surface area contributed by atoms with Crippen molar-refractivity contribution in [1.29, 1.82) is 5.26 Å². The lowest BCUT2D eigenvalue weighted by Gasteiger charge is -2.07. The first-order chi connectivity index (χ1) is 10.8. The first kappa shape index (κ1) is 14.1. The molecule has 1 heterocycles. The number of benzene rings is 2. The standard InChI is InChI=1S/C18H11ClN2O/c19-17-10-18(21-12-14(17)11-20)13-6-8-16(9-7-13)22-15-4-2-1-3-5-15/h1-10,12H. The summed E-state index contributed by atoms with van der Waals surface area (Å²) < 4.78 is 5.74. The first-order valence-electron chi connectivity index (χ1n) is 6.65. The summed E-state index contributed by atoms with van der Waals surface area (Å²) in [6.45, 7) is 0.